The van der Waals surface area contributed by atoms with E-state index in [1.54, 1.807) is 12.1 Å². The molecular weight excluding hydrogens is 506 g/mol. The molecule has 3 aromatic rings. The Hall–Kier alpha value is -3.65. The van der Waals surface area contributed by atoms with Gasteiger partial charge in [-0.15, -0.1) is 0 Å². The highest BCUT2D eigenvalue weighted by Crippen LogP contribution is 2.45. The standard InChI is InChI=1S/C32H35N3O5/c1-19-5-3-4-6-26(19)29-27(30(40-33-29)21-8-9-21)18-39-25-16-23-11-12-24(17-25)35(23)32(37)34-14-13-20-7-10-22(15-28(20)34)31(36)38-2/h3-7,10,15,21,23-25H,8-9,11-14,16-18H2,1-2H3. The predicted molar refractivity (Wildman–Crippen MR) is 149 cm³/mol. The lowest BCUT2D eigenvalue weighted by Crippen LogP contribution is -2.53. The Morgan fingerprint density at radius 3 is 2.55 bits per heavy atom. The van der Waals surface area contributed by atoms with Crippen LogP contribution in [0.4, 0.5) is 10.5 Å². The first kappa shape index (κ1) is 25.3. The Labute approximate surface area is 234 Å². The van der Waals surface area contributed by atoms with Gasteiger partial charge in [-0.2, -0.15) is 0 Å². The van der Waals surface area contributed by atoms with E-state index in [-0.39, 0.29) is 30.2 Å². The second-order valence-electron chi connectivity index (χ2n) is 11.7. The summed E-state index contributed by atoms with van der Waals surface area (Å²) in [5.74, 6) is 1.04. The molecule has 2 bridgehead atoms. The Balaban J connectivity index is 1.06. The number of ether oxygens (including phenoxy) is 2. The first-order valence-electron chi connectivity index (χ1n) is 14.5. The van der Waals surface area contributed by atoms with E-state index in [9.17, 15) is 9.59 Å². The number of aromatic nitrogens is 1. The third kappa shape index (κ3) is 4.38. The van der Waals surface area contributed by atoms with Crippen molar-refractivity contribution in [2.45, 2.75) is 82.6 Å². The van der Waals surface area contributed by atoms with E-state index in [2.05, 4.69) is 29.1 Å². The molecule has 7 rings (SSSR count). The zero-order valence-corrected chi connectivity index (χ0v) is 23.1. The minimum atomic E-state index is -0.386. The van der Waals surface area contributed by atoms with Crippen molar-refractivity contribution in [1.29, 1.82) is 0 Å². The first-order chi connectivity index (χ1) is 19.5. The quantitative estimate of drug-likeness (QED) is 0.356. The van der Waals surface area contributed by atoms with Crippen molar-refractivity contribution in [2.24, 2.45) is 0 Å². The van der Waals surface area contributed by atoms with Gasteiger partial charge in [0.2, 0.25) is 0 Å². The minimum Gasteiger partial charge on any atom is -0.465 e. The van der Waals surface area contributed by atoms with Crippen molar-refractivity contribution < 1.29 is 23.6 Å². The van der Waals surface area contributed by atoms with Gasteiger partial charge in [-0.1, -0.05) is 35.5 Å². The van der Waals surface area contributed by atoms with Crippen molar-refractivity contribution >= 4 is 17.7 Å². The molecule has 1 aliphatic carbocycles. The van der Waals surface area contributed by atoms with Crippen LogP contribution in [0.1, 0.15) is 77.3 Å². The molecule has 3 aliphatic heterocycles. The van der Waals surface area contributed by atoms with Crippen LogP contribution in [0.3, 0.4) is 0 Å². The van der Waals surface area contributed by atoms with Gasteiger partial charge < -0.3 is 18.9 Å². The maximum atomic E-state index is 13.9. The third-order valence-electron chi connectivity index (χ3n) is 9.17. The van der Waals surface area contributed by atoms with Gasteiger partial charge in [0.15, 0.2) is 0 Å². The summed E-state index contributed by atoms with van der Waals surface area (Å²) in [6.45, 7) is 3.21. The molecule has 4 aliphatic rings. The summed E-state index contributed by atoms with van der Waals surface area (Å²) in [6.07, 6.45) is 6.81. The molecule has 1 saturated carbocycles. The summed E-state index contributed by atoms with van der Waals surface area (Å²) in [5.41, 5.74) is 6.64. The molecular formula is C32H35N3O5. The van der Waals surface area contributed by atoms with Crippen LogP contribution in [-0.2, 0) is 22.5 Å². The monoisotopic (exact) mass is 541 g/mol. The average molecular weight is 542 g/mol. The number of methoxy groups -OCH3 is 1. The van der Waals surface area contributed by atoms with E-state index >= 15 is 0 Å². The van der Waals surface area contributed by atoms with E-state index in [4.69, 9.17) is 14.0 Å². The number of rotatable bonds is 6. The summed E-state index contributed by atoms with van der Waals surface area (Å²) < 4.78 is 17.4. The predicted octanol–water partition coefficient (Wildman–Crippen LogP) is 6.01. The van der Waals surface area contributed by atoms with Gasteiger partial charge in [-0.05, 0) is 75.1 Å². The van der Waals surface area contributed by atoms with E-state index in [1.165, 1.54) is 12.7 Å². The smallest absolute Gasteiger partial charge is 0.337 e. The van der Waals surface area contributed by atoms with Crippen LogP contribution in [-0.4, -0.2) is 53.9 Å². The number of fused-ring (bicyclic) bond motifs is 3. The SMILES string of the molecule is COC(=O)c1ccc2c(c1)N(C(=O)N1C3CCC1CC(OCc1c(-c4ccccc4C)noc1C1CC1)C3)CC2. The molecule has 3 fully saturated rings. The fraction of sp³-hybridized carbons (Fsp3) is 0.469. The molecule has 40 heavy (non-hydrogen) atoms. The van der Waals surface area contributed by atoms with E-state index in [0.717, 1.165) is 78.8 Å². The lowest BCUT2D eigenvalue weighted by Gasteiger charge is -2.40. The summed E-state index contributed by atoms with van der Waals surface area (Å²) in [7, 11) is 1.38. The molecule has 208 valence electrons. The van der Waals surface area contributed by atoms with E-state index < -0.39 is 0 Å². The second-order valence-corrected chi connectivity index (χ2v) is 11.7. The molecule has 2 amide bonds. The lowest BCUT2D eigenvalue weighted by atomic mass is 9.99. The molecule has 0 spiro atoms. The average Bonchev–Trinajstić information content (AvgIpc) is 3.49. The molecule has 4 heterocycles. The van der Waals surface area contributed by atoms with Gasteiger partial charge in [0.1, 0.15) is 11.5 Å². The number of piperidine rings is 1. The highest BCUT2D eigenvalue weighted by molar-refractivity contribution is 5.97. The van der Waals surface area contributed by atoms with Crippen LogP contribution in [0.2, 0.25) is 0 Å². The van der Waals surface area contributed by atoms with Crippen LogP contribution in [0, 0.1) is 6.92 Å². The fourth-order valence-corrected chi connectivity index (χ4v) is 6.92. The van der Waals surface area contributed by atoms with E-state index in [1.807, 2.05) is 23.1 Å². The Bertz CT molecular complexity index is 1450. The molecule has 8 heteroatoms. The van der Waals surface area contributed by atoms with Gasteiger partial charge >= 0.3 is 12.0 Å². The minimum absolute atomic E-state index is 0.0450. The number of benzene rings is 2. The molecule has 0 N–H and O–H groups in total. The van der Waals surface area contributed by atoms with Crippen LogP contribution in [0.5, 0.6) is 0 Å². The maximum Gasteiger partial charge on any atom is 0.337 e. The number of anilines is 1. The number of nitrogens with zero attached hydrogens (tertiary/aromatic N) is 3. The summed E-state index contributed by atoms with van der Waals surface area (Å²) in [5, 5.41) is 4.49. The normalized spacial score (nSPS) is 23.4. The highest BCUT2D eigenvalue weighted by atomic mass is 16.5. The van der Waals surface area contributed by atoms with Crippen molar-refractivity contribution in [3.63, 3.8) is 0 Å². The topological polar surface area (TPSA) is 85.1 Å². The molecule has 0 radical (unpaired) electrons. The molecule has 2 aromatic carbocycles. The summed E-state index contributed by atoms with van der Waals surface area (Å²) >= 11 is 0. The fourth-order valence-electron chi connectivity index (χ4n) is 6.92. The van der Waals surface area contributed by atoms with Crippen LogP contribution >= 0.6 is 0 Å². The molecule has 2 atom stereocenters. The van der Waals surface area contributed by atoms with Gasteiger partial charge in [-0.25, -0.2) is 9.59 Å². The number of carbonyl (C=O) groups excluding carboxylic acids is 2. The Kier molecular flexibility index (Phi) is 6.38. The van der Waals surface area contributed by atoms with Crippen molar-refractivity contribution in [2.75, 3.05) is 18.6 Å². The number of hydrogen-bond acceptors (Lipinski definition) is 6. The lowest BCUT2D eigenvalue weighted by molar-refractivity contribution is -0.0164. The summed E-state index contributed by atoms with van der Waals surface area (Å²) in [4.78, 5) is 29.9. The van der Waals surface area contributed by atoms with Crippen molar-refractivity contribution in [1.82, 2.24) is 10.1 Å². The molecule has 2 unspecified atom stereocenters. The molecule has 1 aromatic heterocycles. The molecule has 2 saturated heterocycles. The zero-order chi connectivity index (χ0) is 27.4. The summed E-state index contributed by atoms with van der Waals surface area (Å²) in [6, 6.07) is 14.2. The van der Waals surface area contributed by atoms with Gasteiger partial charge in [-0.3, -0.25) is 4.90 Å². The first-order valence-corrected chi connectivity index (χ1v) is 14.5. The zero-order valence-electron chi connectivity index (χ0n) is 23.1. The number of amides is 2. The number of hydrogen-bond donors (Lipinski definition) is 0. The molecule has 8 nitrogen and oxygen atoms in total. The maximum absolute atomic E-state index is 13.9. The second kappa shape index (κ2) is 10.1. The van der Waals surface area contributed by atoms with Crippen molar-refractivity contribution in [3.05, 3.63) is 70.5 Å². The number of aryl methyl sites for hydroxylation is 1. The van der Waals surface area contributed by atoms with Crippen LogP contribution in [0.25, 0.3) is 11.3 Å². The van der Waals surface area contributed by atoms with Gasteiger partial charge in [0.05, 0.1) is 25.4 Å². The number of urea groups is 1. The Morgan fingerprint density at radius 2 is 1.82 bits per heavy atom. The largest absolute Gasteiger partial charge is 0.465 e. The van der Waals surface area contributed by atoms with Crippen molar-refractivity contribution in [3.8, 4) is 11.3 Å². The van der Waals surface area contributed by atoms with E-state index in [0.29, 0.717) is 24.6 Å². The van der Waals surface area contributed by atoms with Crippen LogP contribution in [0.15, 0.2) is 47.0 Å². The number of carbonyl (C=O) groups is 2. The van der Waals surface area contributed by atoms with Crippen LogP contribution < -0.4 is 4.90 Å². The Morgan fingerprint density at radius 1 is 1.05 bits per heavy atom. The number of esters is 1. The van der Waals surface area contributed by atoms with Gasteiger partial charge in [0.25, 0.3) is 0 Å². The van der Waals surface area contributed by atoms with Gasteiger partial charge in [0, 0.05) is 41.4 Å². The highest BCUT2D eigenvalue weighted by Gasteiger charge is 2.46. The third-order valence-corrected chi connectivity index (χ3v) is 9.17.